The van der Waals surface area contributed by atoms with Crippen LogP contribution in [0, 0.1) is 0 Å². The number of rotatable bonds is 7. The zero-order valence-electron chi connectivity index (χ0n) is 13.9. The Labute approximate surface area is 140 Å². The highest BCUT2D eigenvalue weighted by Gasteiger charge is 2.29. The molecule has 0 aliphatic rings. The predicted octanol–water partition coefficient (Wildman–Crippen LogP) is 1.58. The van der Waals surface area contributed by atoms with Crippen molar-refractivity contribution in [2.75, 3.05) is 18.8 Å². The fourth-order valence-electron chi connectivity index (χ4n) is 2.54. The van der Waals surface area contributed by atoms with Gasteiger partial charge in [-0.3, -0.25) is 19.5 Å². The number of nitrogens with zero attached hydrogens (tertiary/aromatic N) is 2. The van der Waals surface area contributed by atoms with E-state index in [1.54, 1.807) is 24.3 Å². The molecule has 0 bridgehead atoms. The molecule has 2 rings (SSSR count). The standard InChI is InChI=1S/C17H22N4O3/c1-3-10-20(11-4-2)17(24)14(22)13-15(18)19-21(16(13)23)12-8-6-5-7-9-12/h5-9,19H,3-4,10-11,18H2,1-2H3. The van der Waals surface area contributed by atoms with Gasteiger partial charge in [-0.25, -0.2) is 4.68 Å². The van der Waals surface area contributed by atoms with Crippen molar-refractivity contribution in [2.45, 2.75) is 26.7 Å². The van der Waals surface area contributed by atoms with Crippen molar-refractivity contribution in [3.8, 4) is 5.69 Å². The van der Waals surface area contributed by atoms with Crippen molar-refractivity contribution in [2.24, 2.45) is 0 Å². The first-order valence-corrected chi connectivity index (χ1v) is 8.00. The Hall–Kier alpha value is -2.83. The summed E-state index contributed by atoms with van der Waals surface area (Å²) in [7, 11) is 0. The van der Waals surface area contributed by atoms with E-state index < -0.39 is 17.2 Å². The summed E-state index contributed by atoms with van der Waals surface area (Å²) in [6, 6.07) is 8.73. The number of Topliss-reactive ketones (excluding diaryl/α,β-unsaturated/α-hetero) is 1. The van der Waals surface area contributed by atoms with E-state index in [9.17, 15) is 14.4 Å². The first-order chi connectivity index (χ1) is 11.5. The molecule has 0 unspecified atom stereocenters. The lowest BCUT2D eigenvalue weighted by molar-refractivity contribution is -0.126. The first kappa shape index (κ1) is 17.5. The molecular formula is C17H22N4O3. The number of anilines is 1. The van der Waals surface area contributed by atoms with Crippen LogP contribution in [0.1, 0.15) is 37.0 Å². The third-order valence-corrected chi connectivity index (χ3v) is 3.63. The van der Waals surface area contributed by atoms with E-state index in [4.69, 9.17) is 5.73 Å². The molecular weight excluding hydrogens is 308 g/mol. The highest BCUT2D eigenvalue weighted by molar-refractivity contribution is 6.43. The van der Waals surface area contributed by atoms with Crippen LogP contribution in [0.25, 0.3) is 5.69 Å². The second-order valence-corrected chi connectivity index (χ2v) is 5.50. The molecule has 0 fully saturated rings. The van der Waals surface area contributed by atoms with Crippen LogP contribution in [-0.2, 0) is 4.79 Å². The molecule has 0 aliphatic carbocycles. The Morgan fingerprint density at radius 1 is 1.12 bits per heavy atom. The molecule has 1 aromatic heterocycles. The van der Waals surface area contributed by atoms with E-state index in [1.807, 2.05) is 19.9 Å². The third-order valence-electron chi connectivity index (χ3n) is 3.63. The Bertz CT molecular complexity index is 771. The van der Waals surface area contributed by atoms with Gasteiger partial charge in [0.25, 0.3) is 17.2 Å². The van der Waals surface area contributed by atoms with Crippen LogP contribution in [0.2, 0.25) is 0 Å². The average Bonchev–Trinajstić information content (AvgIpc) is 2.88. The van der Waals surface area contributed by atoms with Gasteiger partial charge < -0.3 is 10.6 Å². The molecule has 2 aromatic rings. The van der Waals surface area contributed by atoms with Crippen molar-refractivity contribution in [3.05, 3.63) is 46.2 Å². The molecule has 1 heterocycles. The van der Waals surface area contributed by atoms with Gasteiger partial charge in [0.15, 0.2) is 0 Å². The smallest absolute Gasteiger partial charge is 0.295 e. The molecule has 128 valence electrons. The molecule has 0 saturated heterocycles. The van der Waals surface area contributed by atoms with E-state index in [0.717, 1.165) is 12.8 Å². The van der Waals surface area contributed by atoms with Gasteiger partial charge in [-0.05, 0) is 25.0 Å². The summed E-state index contributed by atoms with van der Waals surface area (Å²) >= 11 is 0. The molecule has 0 atom stereocenters. The Morgan fingerprint density at radius 3 is 2.25 bits per heavy atom. The van der Waals surface area contributed by atoms with Crippen molar-refractivity contribution < 1.29 is 9.59 Å². The maximum absolute atomic E-state index is 12.5. The van der Waals surface area contributed by atoms with Gasteiger partial charge >= 0.3 is 0 Å². The summed E-state index contributed by atoms with van der Waals surface area (Å²) in [6.45, 7) is 4.78. The second-order valence-electron chi connectivity index (χ2n) is 5.50. The van der Waals surface area contributed by atoms with Gasteiger partial charge in [-0.1, -0.05) is 32.0 Å². The topological polar surface area (TPSA) is 101 Å². The van der Waals surface area contributed by atoms with Crippen LogP contribution < -0.4 is 11.3 Å². The molecule has 1 aromatic carbocycles. The molecule has 0 spiro atoms. The fraction of sp³-hybridized carbons (Fsp3) is 0.353. The maximum atomic E-state index is 12.5. The number of benzene rings is 1. The number of amides is 1. The lowest BCUT2D eigenvalue weighted by Gasteiger charge is -2.20. The highest BCUT2D eigenvalue weighted by atomic mass is 16.2. The van der Waals surface area contributed by atoms with E-state index in [1.165, 1.54) is 9.58 Å². The van der Waals surface area contributed by atoms with E-state index >= 15 is 0 Å². The normalized spacial score (nSPS) is 10.6. The average molecular weight is 330 g/mol. The zero-order chi connectivity index (χ0) is 17.7. The Kier molecular flexibility index (Phi) is 5.57. The number of carbonyl (C=O) groups excluding carboxylic acids is 2. The molecule has 0 radical (unpaired) electrons. The Balaban J connectivity index is 2.38. The summed E-state index contributed by atoms with van der Waals surface area (Å²) in [5.74, 6) is -1.66. The number of ketones is 1. The minimum atomic E-state index is -0.870. The number of hydrogen-bond donors (Lipinski definition) is 2. The Morgan fingerprint density at radius 2 is 1.71 bits per heavy atom. The van der Waals surface area contributed by atoms with Crippen LogP contribution in [-0.4, -0.2) is 39.5 Å². The molecule has 7 nitrogen and oxygen atoms in total. The number of para-hydroxylation sites is 1. The number of nitrogens with two attached hydrogens (primary N) is 1. The highest BCUT2D eigenvalue weighted by Crippen LogP contribution is 2.11. The molecule has 1 amide bonds. The number of hydrogen-bond acceptors (Lipinski definition) is 4. The van der Waals surface area contributed by atoms with Crippen molar-refractivity contribution in [1.82, 2.24) is 14.7 Å². The van der Waals surface area contributed by atoms with Crippen molar-refractivity contribution >= 4 is 17.5 Å². The molecule has 24 heavy (non-hydrogen) atoms. The first-order valence-electron chi connectivity index (χ1n) is 8.00. The maximum Gasteiger partial charge on any atom is 0.295 e. The van der Waals surface area contributed by atoms with Crippen LogP contribution in [0.15, 0.2) is 35.1 Å². The molecule has 0 aliphatic heterocycles. The summed E-state index contributed by atoms with van der Waals surface area (Å²) in [5, 5.41) is 2.66. The van der Waals surface area contributed by atoms with E-state index in [0.29, 0.717) is 18.8 Å². The minimum absolute atomic E-state index is 0.102. The van der Waals surface area contributed by atoms with Crippen LogP contribution in [0.4, 0.5) is 5.82 Å². The SMILES string of the molecule is CCCN(CCC)C(=O)C(=O)c1c(N)[nH]n(-c2ccccc2)c1=O. The monoisotopic (exact) mass is 330 g/mol. The number of H-pyrrole nitrogens is 1. The predicted molar refractivity (Wildman–Crippen MR) is 92.3 cm³/mol. The summed E-state index contributed by atoms with van der Waals surface area (Å²) in [6.07, 6.45) is 1.46. The van der Waals surface area contributed by atoms with Gasteiger partial charge in [0.05, 0.1) is 5.69 Å². The fourth-order valence-corrected chi connectivity index (χ4v) is 2.54. The van der Waals surface area contributed by atoms with Crippen LogP contribution >= 0.6 is 0 Å². The largest absolute Gasteiger partial charge is 0.383 e. The van der Waals surface area contributed by atoms with Crippen molar-refractivity contribution in [3.63, 3.8) is 0 Å². The zero-order valence-corrected chi connectivity index (χ0v) is 13.9. The number of nitrogen functional groups attached to an aromatic ring is 1. The summed E-state index contributed by atoms with van der Waals surface area (Å²) < 4.78 is 1.17. The molecule has 3 N–H and O–H groups in total. The molecule has 7 heteroatoms. The summed E-state index contributed by atoms with van der Waals surface area (Å²) in [5.41, 5.74) is 5.41. The van der Waals surface area contributed by atoms with Gasteiger partial charge in [0, 0.05) is 13.1 Å². The molecule has 0 saturated carbocycles. The number of carbonyl (C=O) groups is 2. The van der Waals surface area contributed by atoms with Gasteiger partial charge in [-0.15, -0.1) is 0 Å². The lowest BCUT2D eigenvalue weighted by atomic mass is 10.1. The minimum Gasteiger partial charge on any atom is -0.383 e. The van der Waals surface area contributed by atoms with E-state index in [2.05, 4.69) is 5.10 Å². The van der Waals surface area contributed by atoms with E-state index in [-0.39, 0.29) is 11.4 Å². The van der Waals surface area contributed by atoms with Gasteiger partial charge in [0.1, 0.15) is 11.4 Å². The lowest BCUT2D eigenvalue weighted by Crippen LogP contribution is -2.39. The quantitative estimate of drug-likeness (QED) is 0.594. The van der Waals surface area contributed by atoms with Gasteiger partial charge in [0.2, 0.25) is 0 Å². The number of aromatic nitrogens is 2. The van der Waals surface area contributed by atoms with Crippen LogP contribution in [0.3, 0.4) is 0 Å². The number of aromatic amines is 1. The summed E-state index contributed by atoms with van der Waals surface area (Å²) in [4.78, 5) is 38.9. The van der Waals surface area contributed by atoms with Crippen molar-refractivity contribution in [1.29, 1.82) is 0 Å². The number of nitrogens with one attached hydrogen (secondary N) is 1. The van der Waals surface area contributed by atoms with Crippen LogP contribution in [0.5, 0.6) is 0 Å². The third kappa shape index (κ3) is 3.40. The second kappa shape index (κ2) is 7.63. The van der Waals surface area contributed by atoms with Gasteiger partial charge in [-0.2, -0.15) is 0 Å².